The second-order valence-electron chi connectivity index (χ2n) is 4.24. The number of aryl methyl sites for hydroxylation is 1. The minimum atomic E-state index is -1.28. The zero-order valence-electron chi connectivity index (χ0n) is 11.0. The Hall–Kier alpha value is -1.14. The summed E-state index contributed by atoms with van der Waals surface area (Å²) in [6.45, 7) is 1.96. The predicted molar refractivity (Wildman–Crippen MR) is 64.3 cm³/mol. The normalized spacial score (nSPS) is 25.4. The molecule has 0 saturated heterocycles. The fourth-order valence-electron chi connectivity index (χ4n) is 2.26. The van der Waals surface area contributed by atoms with E-state index in [9.17, 15) is 5.11 Å². The van der Waals surface area contributed by atoms with Crippen LogP contribution in [0.1, 0.15) is 11.1 Å². The van der Waals surface area contributed by atoms with Gasteiger partial charge < -0.3 is 24.1 Å². The molecule has 2 atom stereocenters. The number of methoxy groups -OCH3 is 3. The summed E-state index contributed by atoms with van der Waals surface area (Å²) >= 11 is 0. The highest BCUT2D eigenvalue weighted by molar-refractivity contribution is 5.42. The highest BCUT2D eigenvalue weighted by Gasteiger charge is 2.51. The minimum Gasteiger partial charge on any atom is -0.461 e. The summed E-state index contributed by atoms with van der Waals surface area (Å²) < 4.78 is 21.5. The van der Waals surface area contributed by atoms with E-state index in [1.807, 2.05) is 25.1 Å². The van der Waals surface area contributed by atoms with Gasteiger partial charge >= 0.3 is 0 Å². The highest BCUT2D eigenvalue weighted by Crippen LogP contribution is 2.42. The first-order valence-corrected chi connectivity index (χ1v) is 5.68. The van der Waals surface area contributed by atoms with Crippen molar-refractivity contribution < 1.29 is 24.1 Å². The molecule has 1 aliphatic heterocycles. The van der Waals surface area contributed by atoms with Crippen LogP contribution < -0.4 is 4.74 Å². The molecular weight excluding hydrogens is 236 g/mol. The Morgan fingerprint density at radius 2 is 1.89 bits per heavy atom. The molecule has 2 rings (SSSR count). The maximum Gasteiger partial charge on any atom is 0.231 e. The molecule has 0 aromatic heterocycles. The van der Waals surface area contributed by atoms with Crippen LogP contribution in [0.2, 0.25) is 0 Å². The fourth-order valence-corrected chi connectivity index (χ4v) is 2.26. The summed E-state index contributed by atoms with van der Waals surface area (Å²) in [5, 5.41) is 10.3. The van der Waals surface area contributed by atoms with Gasteiger partial charge in [-0.2, -0.15) is 0 Å². The van der Waals surface area contributed by atoms with Gasteiger partial charge in [-0.3, -0.25) is 0 Å². The molecular formula is C13H18O5. The summed E-state index contributed by atoms with van der Waals surface area (Å²) in [6, 6.07) is 5.60. The molecule has 0 radical (unpaired) electrons. The lowest BCUT2D eigenvalue weighted by Crippen LogP contribution is -2.55. The van der Waals surface area contributed by atoms with E-state index in [0.29, 0.717) is 11.3 Å². The number of fused-ring (bicyclic) bond motifs is 1. The third-order valence-corrected chi connectivity index (χ3v) is 3.24. The summed E-state index contributed by atoms with van der Waals surface area (Å²) in [5.41, 5.74) is 1.69. The average molecular weight is 254 g/mol. The van der Waals surface area contributed by atoms with Gasteiger partial charge in [0, 0.05) is 21.3 Å². The number of hydrogen-bond donors (Lipinski definition) is 1. The molecule has 0 amide bonds. The van der Waals surface area contributed by atoms with Gasteiger partial charge in [0.1, 0.15) is 5.75 Å². The van der Waals surface area contributed by atoms with Crippen molar-refractivity contribution in [3.8, 4) is 5.75 Å². The fraction of sp³-hybridized carbons (Fsp3) is 0.538. The average Bonchev–Trinajstić information content (AvgIpc) is 2.39. The second-order valence-corrected chi connectivity index (χ2v) is 4.24. The van der Waals surface area contributed by atoms with Gasteiger partial charge in [-0.05, 0) is 24.6 Å². The van der Waals surface area contributed by atoms with E-state index < -0.39 is 18.2 Å². The molecule has 1 heterocycles. The molecule has 5 heteroatoms. The Bertz CT molecular complexity index is 427. The number of rotatable bonds is 3. The van der Waals surface area contributed by atoms with Gasteiger partial charge in [0.2, 0.25) is 12.1 Å². The van der Waals surface area contributed by atoms with Crippen LogP contribution in [0.25, 0.3) is 0 Å². The minimum absolute atomic E-state index is 0.593. The van der Waals surface area contributed by atoms with Crippen molar-refractivity contribution in [2.75, 3.05) is 21.3 Å². The van der Waals surface area contributed by atoms with Crippen LogP contribution in [0.4, 0.5) is 0 Å². The van der Waals surface area contributed by atoms with E-state index in [1.54, 1.807) is 0 Å². The van der Waals surface area contributed by atoms with Crippen LogP contribution in [0.15, 0.2) is 18.2 Å². The first-order chi connectivity index (χ1) is 8.58. The maximum absolute atomic E-state index is 10.3. The monoisotopic (exact) mass is 254 g/mol. The number of aliphatic hydroxyl groups is 1. The Morgan fingerprint density at radius 3 is 2.44 bits per heavy atom. The van der Waals surface area contributed by atoms with Gasteiger partial charge in [0.25, 0.3) is 0 Å². The second kappa shape index (κ2) is 4.85. The van der Waals surface area contributed by atoms with Gasteiger partial charge in [-0.15, -0.1) is 0 Å². The number of ether oxygens (including phenoxy) is 4. The zero-order valence-corrected chi connectivity index (χ0v) is 11.0. The number of benzene rings is 1. The number of hydrogen-bond acceptors (Lipinski definition) is 5. The van der Waals surface area contributed by atoms with Crippen LogP contribution in [-0.2, 0) is 20.0 Å². The van der Waals surface area contributed by atoms with Crippen molar-refractivity contribution >= 4 is 0 Å². The van der Waals surface area contributed by atoms with E-state index in [0.717, 1.165) is 5.56 Å². The standard InChI is InChI=1S/C13H18O5/c1-8-5-6-9-10(7-8)18-12(15-2)11(14)13(9,16-3)17-4/h5-7,11-12,14H,1-4H3. The van der Waals surface area contributed by atoms with Crippen molar-refractivity contribution in [1.29, 1.82) is 0 Å². The van der Waals surface area contributed by atoms with Crippen LogP contribution >= 0.6 is 0 Å². The van der Waals surface area contributed by atoms with Gasteiger partial charge in [0.05, 0.1) is 5.56 Å². The van der Waals surface area contributed by atoms with Crippen LogP contribution in [-0.4, -0.2) is 38.8 Å². The van der Waals surface area contributed by atoms with Crippen molar-refractivity contribution in [3.63, 3.8) is 0 Å². The van der Waals surface area contributed by atoms with E-state index in [4.69, 9.17) is 18.9 Å². The molecule has 0 fully saturated rings. The lowest BCUT2D eigenvalue weighted by Gasteiger charge is -2.43. The lowest BCUT2D eigenvalue weighted by atomic mass is 9.94. The zero-order chi connectivity index (χ0) is 13.3. The highest BCUT2D eigenvalue weighted by atomic mass is 16.7. The molecule has 0 bridgehead atoms. The Morgan fingerprint density at radius 1 is 1.22 bits per heavy atom. The SMILES string of the molecule is COC1Oc2cc(C)ccc2C(OC)(OC)C1O. The molecule has 1 aromatic rings. The molecule has 0 aliphatic carbocycles. The molecule has 1 aliphatic rings. The summed E-state index contributed by atoms with van der Waals surface area (Å²) in [5.74, 6) is -0.682. The molecule has 2 unspecified atom stereocenters. The number of aliphatic hydroxyl groups excluding tert-OH is 1. The maximum atomic E-state index is 10.3. The van der Waals surface area contributed by atoms with E-state index in [-0.39, 0.29) is 0 Å². The first-order valence-electron chi connectivity index (χ1n) is 5.68. The quantitative estimate of drug-likeness (QED) is 0.820. The molecule has 1 N–H and O–H groups in total. The molecule has 0 spiro atoms. The van der Waals surface area contributed by atoms with Gasteiger partial charge in [-0.1, -0.05) is 6.07 Å². The van der Waals surface area contributed by atoms with Crippen molar-refractivity contribution in [1.82, 2.24) is 0 Å². The van der Waals surface area contributed by atoms with Crippen molar-refractivity contribution in [2.24, 2.45) is 0 Å². The first kappa shape index (κ1) is 13.3. The predicted octanol–water partition coefficient (Wildman–Crippen LogP) is 1.17. The molecule has 0 saturated carbocycles. The lowest BCUT2D eigenvalue weighted by molar-refractivity contribution is -0.320. The molecule has 100 valence electrons. The third kappa shape index (κ3) is 1.80. The van der Waals surface area contributed by atoms with E-state index in [1.165, 1.54) is 21.3 Å². The summed E-state index contributed by atoms with van der Waals surface area (Å²) in [6.07, 6.45) is -1.91. The molecule has 1 aromatic carbocycles. The summed E-state index contributed by atoms with van der Waals surface area (Å²) in [7, 11) is 4.42. The largest absolute Gasteiger partial charge is 0.461 e. The van der Waals surface area contributed by atoms with Crippen LogP contribution in [0.5, 0.6) is 5.75 Å². The Labute approximate surface area is 106 Å². The Kier molecular flexibility index (Phi) is 3.59. The van der Waals surface area contributed by atoms with Crippen LogP contribution in [0.3, 0.4) is 0 Å². The van der Waals surface area contributed by atoms with E-state index in [2.05, 4.69) is 0 Å². The van der Waals surface area contributed by atoms with Gasteiger partial charge in [-0.25, -0.2) is 0 Å². The third-order valence-electron chi connectivity index (χ3n) is 3.24. The van der Waals surface area contributed by atoms with Crippen molar-refractivity contribution in [3.05, 3.63) is 29.3 Å². The molecule has 18 heavy (non-hydrogen) atoms. The van der Waals surface area contributed by atoms with E-state index >= 15 is 0 Å². The smallest absolute Gasteiger partial charge is 0.231 e. The van der Waals surface area contributed by atoms with Crippen molar-refractivity contribution in [2.45, 2.75) is 25.1 Å². The van der Waals surface area contributed by atoms with Gasteiger partial charge in [0.15, 0.2) is 6.10 Å². The Balaban J connectivity index is 2.58. The molecule has 5 nitrogen and oxygen atoms in total. The van der Waals surface area contributed by atoms with Crippen LogP contribution in [0, 0.1) is 6.92 Å². The summed E-state index contributed by atoms with van der Waals surface area (Å²) in [4.78, 5) is 0. The topological polar surface area (TPSA) is 57.2 Å².